The highest BCUT2D eigenvalue weighted by atomic mass is 79.9. The zero-order chi connectivity index (χ0) is 14.0. The minimum Gasteiger partial charge on any atom is -0.413 e. The number of hydrogen-bond donors (Lipinski definition) is 0. The van der Waals surface area contributed by atoms with Crippen LogP contribution in [0.5, 0.6) is 0 Å². The SMILES string of the molecule is CC(C)(C)[Si](C)(C)OCc1cccc(C#N)c1Br. The largest absolute Gasteiger partial charge is 0.413 e. The number of rotatable bonds is 3. The van der Waals surface area contributed by atoms with Crippen LogP contribution in [0.4, 0.5) is 0 Å². The molecule has 2 nitrogen and oxygen atoms in total. The van der Waals surface area contributed by atoms with Crippen LogP contribution < -0.4 is 0 Å². The fraction of sp³-hybridized carbons (Fsp3) is 0.500. The smallest absolute Gasteiger partial charge is 0.192 e. The lowest BCUT2D eigenvalue weighted by molar-refractivity contribution is 0.275. The molecule has 0 aromatic heterocycles. The first kappa shape index (κ1) is 15.4. The molecule has 0 aliphatic carbocycles. The maximum Gasteiger partial charge on any atom is 0.192 e. The molecule has 0 bridgehead atoms. The summed E-state index contributed by atoms with van der Waals surface area (Å²) in [6.07, 6.45) is 0. The summed E-state index contributed by atoms with van der Waals surface area (Å²) in [5, 5.41) is 9.19. The van der Waals surface area contributed by atoms with E-state index in [0.29, 0.717) is 12.2 Å². The van der Waals surface area contributed by atoms with Crippen LogP contribution in [-0.4, -0.2) is 8.32 Å². The molecule has 1 rings (SSSR count). The molecule has 18 heavy (non-hydrogen) atoms. The second kappa shape index (κ2) is 5.56. The zero-order valence-corrected chi connectivity index (χ0v) is 14.3. The Balaban J connectivity index is 2.86. The van der Waals surface area contributed by atoms with Crippen molar-refractivity contribution in [2.75, 3.05) is 0 Å². The third kappa shape index (κ3) is 3.44. The summed E-state index contributed by atoms with van der Waals surface area (Å²) in [5.74, 6) is 0. The maximum atomic E-state index is 8.99. The molecule has 1 aromatic carbocycles. The molecule has 0 heterocycles. The summed E-state index contributed by atoms with van der Waals surface area (Å²) in [4.78, 5) is 0. The Labute approximate surface area is 119 Å². The molecule has 0 unspecified atom stereocenters. The van der Waals surface area contributed by atoms with E-state index in [1.807, 2.05) is 12.1 Å². The van der Waals surface area contributed by atoms with E-state index in [1.165, 1.54) is 0 Å². The average molecular weight is 326 g/mol. The molecule has 0 aliphatic heterocycles. The lowest BCUT2D eigenvalue weighted by atomic mass is 10.1. The molecular weight excluding hydrogens is 306 g/mol. The Hall–Kier alpha value is -0.633. The van der Waals surface area contributed by atoms with Crippen LogP contribution in [0.15, 0.2) is 22.7 Å². The number of nitrogens with zero attached hydrogens (tertiary/aromatic N) is 1. The molecule has 0 spiro atoms. The Kier molecular flexibility index (Phi) is 4.76. The highest BCUT2D eigenvalue weighted by Gasteiger charge is 2.37. The average Bonchev–Trinajstić information content (AvgIpc) is 2.26. The van der Waals surface area contributed by atoms with E-state index in [9.17, 15) is 0 Å². The molecule has 0 atom stereocenters. The molecule has 4 heteroatoms. The van der Waals surface area contributed by atoms with Crippen LogP contribution in [0.25, 0.3) is 0 Å². The lowest BCUT2D eigenvalue weighted by Gasteiger charge is -2.36. The van der Waals surface area contributed by atoms with E-state index >= 15 is 0 Å². The van der Waals surface area contributed by atoms with E-state index in [1.54, 1.807) is 6.07 Å². The monoisotopic (exact) mass is 325 g/mol. The van der Waals surface area contributed by atoms with Crippen molar-refractivity contribution in [2.24, 2.45) is 0 Å². The molecule has 0 N–H and O–H groups in total. The van der Waals surface area contributed by atoms with Gasteiger partial charge >= 0.3 is 0 Å². The van der Waals surface area contributed by atoms with Gasteiger partial charge in [0.05, 0.1) is 12.2 Å². The molecule has 0 fully saturated rings. The van der Waals surface area contributed by atoms with Gasteiger partial charge in [0.1, 0.15) is 6.07 Å². The lowest BCUT2D eigenvalue weighted by Crippen LogP contribution is -2.40. The molecule has 0 aliphatic rings. The predicted molar refractivity (Wildman–Crippen MR) is 80.8 cm³/mol. The Morgan fingerprint density at radius 2 is 1.94 bits per heavy atom. The summed E-state index contributed by atoms with van der Waals surface area (Å²) in [7, 11) is -1.74. The van der Waals surface area contributed by atoms with Crippen molar-refractivity contribution < 1.29 is 4.43 Å². The van der Waals surface area contributed by atoms with Crippen molar-refractivity contribution in [3.63, 3.8) is 0 Å². The van der Waals surface area contributed by atoms with E-state index in [4.69, 9.17) is 9.69 Å². The number of nitriles is 1. The molecule has 1 aromatic rings. The van der Waals surface area contributed by atoms with Gasteiger partial charge < -0.3 is 4.43 Å². The van der Waals surface area contributed by atoms with Crippen LogP contribution in [0.2, 0.25) is 18.1 Å². The van der Waals surface area contributed by atoms with Gasteiger partial charge in [-0.2, -0.15) is 5.26 Å². The number of halogens is 1. The fourth-order valence-electron chi connectivity index (χ4n) is 1.25. The summed E-state index contributed by atoms with van der Waals surface area (Å²) in [5.41, 5.74) is 1.70. The summed E-state index contributed by atoms with van der Waals surface area (Å²) < 4.78 is 7.01. The summed E-state index contributed by atoms with van der Waals surface area (Å²) >= 11 is 3.47. The van der Waals surface area contributed by atoms with Gasteiger partial charge in [-0.15, -0.1) is 0 Å². The minimum absolute atomic E-state index is 0.201. The topological polar surface area (TPSA) is 33.0 Å². The summed E-state index contributed by atoms with van der Waals surface area (Å²) in [6, 6.07) is 7.87. The molecule has 0 saturated heterocycles. The standard InChI is InChI=1S/C14H20BrNOSi/c1-14(2,3)18(4,5)17-10-12-8-6-7-11(9-16)13(12)15/h6-8H,10H2,1-5H3. The minimum atomic E-state index is -1.74. The van der Waals surface area contributed by atoms with Crippen molar-refractivity contribution in [3.05, 3.63) is 33.8 Å². The Morgan fingerprint density at radius 1 is 1.33 bits per heavy atom. The first-order chi connectivity index (χ1) is 8.19. The van der Waals surface area contributed by atoms with E-state index in [-0.39, 0.29) is 5.04 Å². The fourth-order valence-corrected chi connectivity index (χ4v) is 2.67. The summed E-state index contributed by atoms with van der Waals surface area (Å²) in [6.45, 7) is 11.7. The van der Waals surface area contributed by atoms with E-state index in [2.05, 4.69) is 55.9 Å². The van der Waals surface area contributed by atoms with Gasteiger partial charge in [0.15, 0.2) is 8.32 Å². The normalized spacial score (nSPS) is 12.3. The first-order valence-electron chi connectivity index (χ1n) is 6.00. The van der Waals surface area contributed by atoms with Gasteiger partial charge in [-0.25, -0.2) is 0 Å². The first-order valence-corrected chi connectivity index (χ1v) is 9.70. The molecular formula is C14H20BrNOSi. The van der Waals surface area contributed by atoms with Gasteiger partial charge in [0, 0.05) is 4.47 Å². The Bertz CT molecular complexity index is 472. The molecule has 0 saturated carbocycles. The van der Waals surface area contributed by atoms with Crippen molar-refractivity contribution in [1.82, 2.24) is 0 Å². The third-order valence-electron chi connectivity index (χ3n) is 3.59. The van der Waals surface area contributed by atoms with Crippen LogP contribution in [-0.2, 0) is 11.0 Å². The van der Waals surface area contributed by atoms with Gasteiger partial charge in [0.25, 0.3) is 0 Å². The molecule has 0 amide bonds. The second-order valence-electron chi connectivity index (χ2n) is 5.94. The quantitative estimate of drug-likeness (QED) is 0.745. The zero-order valence-electron chi connectivity index (χ0n) is 11.7. The van der Waals surface area contributed by atoms with E-state index in [0.717, 1.165) is 10.0 Å². The van der Waals surface area contributed by atoms with Crippen LogP contribution in [0.3, 0.4) is 0 Å². The third-order valence-corrected chi connectivity index (χ3v) is 9.01. The van der Waals surface area contributed by atoms with Crippen LogP contribution in [0, 0.1) is 11.3 Å². The van der Waals surface area contributed by atoms with Crippen LogP contribution >= 0.6 is 15.9 Å². The van der Waals surface area contributed by atoms with E-state index < -0.39 is 8.32 Å². The number of hydrogen-bond acceptors (Lipinski definition) is 2. The van der Waals surface area contributed by atoms with Gasteiger partial charge in [0.2, 0.25) is 0 Å². The number of benzene rings is 1. The van der Waals surface area contributed by atoms with Crippen LogP contribution in [0.1, 0.15) is 31.9 Å². The van der Waals surface area contributed by atoms with Gasteiger partial charge in [-0.3, -0.25) is 0 Å². The van der Waals surface area contributed by atoms with Gasteiger partial charge in [-0.1, -0.05) is 32.9 Å². The van der Waals surface area contributed by atoms with Crippen molar-refractivity contribution in [1.29, 1.82) is 5.26 Å². The second-order valence-corrected chi connectivity index (χ2v) is 11.5. The van der Waals surface area contributed by atoms with Crippen molar-refractivity contribution in [2.45, 2.75) is 45.5 Å². The van der Waals surface area contributed by atoms with Crippen molar-refractivity contribution in [3.8, 4) is 6.07 Å². The highest BCUT2D eigenvalue weighted by molar-refractivity contribution is 9.10. The Morgan fingerprint density at radius 3 is 2.44 bits per heavy atom. The predicted octanol–water partition coefficient (Wildman–Crippen LogP) is 4.84. The highest BCUT2D eigenvalue weighted by Crippen LogP contribution is 2.37. The molecule has 98 valence electrons. The van der Waals surface area contributed by atoms with Crippen molar-refractivity contribution >= 4 is 24.2 Å². The maximum absolute atomic E-state index is 8.99. The van der Waals surface area contributed by atoms with Gasteiger partial charge in [-0.05, 0) is 45.7 Å². The molecule has 0 radical (unpaired) electrons.